The molecule has 1 rings (SSSR count). The summed E-state index contributed by atoms with van der Waals surface area (Å²) in [5.74, 6) is -1.04. The number of nitrogens with zero attached hydrogens (tertiary/aromatic N) is 1. The first-order valence-electron chi connectivity index (χ1n) is 6.84. The van der Waals surface area contributed by atoms with Crippen LogP contribution in [0.25, 0.3) is 0 Å². The molecule has 0 aromatic carbocycles. The molecule has 0 saturated heterocycles. The third-order valence-electron chi connectivity index (χ3n) is 3.98. The average molecular weight is 310 g/mol. The van der Waals surface area contributed by atoms with Crippen LogP contribution in [-0.2, 0) is 4.79 Å². The molecule has 122 valence electrons. The Balaban J connectivity index is 2.80. The lowest BCUT2D eigenvalue weighted by atomic mass is 9.85. The SMILES string of the molecule is CC(C)N(CC(F)(F)F)C(=O)NC1CCCC1(C)C(=O)O. The summed E-state index contributed by atoms with van der Waals surface area (Å²) in [5.41, 5.74) is -1.13. The molecule has 5 nitrogen and oxygen atoms in total. The molecule has 0 spiro atoms. The van der Waals surface area contributed by atoms with Gasteiger partial charge in [0.1, 0.15) is 6.54 Å². The summed E-state index contributed by atoms with van der Waals surface area (Å²) in [6.07, 6.45) is -3.02. The van der Waals surface area contributed by atoms with Crippen molar-refractivity contribution in [3.8, 4) is 0 Å². The van der Waals surface area contributed by atoms with Crippen LogP contribution in [-0.4, -0.2) is 46.8 Å². The number of aliphatic carboxylic acids is 1. The van der Waals surface area contributed by atoms with Crippen molar-refractivity contribution in [2.75, 3.05) is 6.54 Å². The second-order valence-electron chi connectivity index (χ2n) is 5.95. The van der Waals surface area contributed by atoms with E-state index in [1.165, 1.54) is 20.8 Å². The van der Waals surface area contributed by atoms with Crippen molar-refractivity contribution in [2.24, 2.45) is 5.41 Å². The molecule has 2 unspecified atom stereocenters. The Morgan fingerprint density at radius 3 is 2.43 bits per heavy atom. The minimum absolute atomic E-state index is 0.397. The number of hydrogen-bond acceptors (Lipinski definition) is 2. The summed E-state index contributed by atoms with van der Waals surface area (Å²) in [4.78, 5) is 24.0. The van der Waals surface area contributed by atoms with Crippen LogP contribution in [0.5, 0.6) is 0 Å². The highest BCUT2D eigenvalue weighted by Gasteiger charge is 2.46. The normalized spacial score (nSPS) is 26.0. The molecule has 0 bridgehead atoms. The van der Waals surface area contributed by atoms with E-state index in [4.69, 9.17) is 0 Å². The van der Waals surface area contributed by atoms with Gasteiger partial charge >= 0.3 is 18.2 Å². The summed E-state index contributed by atoms with van der Waals surface area (Å²) in [7, 11) is 0. The van der Waals surface area contributed by atoms with E-state index in [-0.39, 0.29) is 0 Å². The molecule has 2 N–H and O–H groups in total. The summed E-state index contributed by atoms with van der Waals surface area (Å²) < 4.78 is 37.5. The van der Waals surface area contributed by atoms with Crippen LogP contribution in [0, 0.1) is 5.41 Å². The smallest absolute Gasteiger partial charge is 0.406 e. The summed E-state index contributed by atoms with van der Waals surface area (Å²) in [6.45, 7) is 3.12. The Morgan fingerprint density at radius 2 is 2.00 bits per heavy atom. The number of urea groups is 1. The third kappa shape index (κ3) is 4.25. The number of carbonyl (C=O) groups is 2. The number of rotatable bonds is 4. The Hall–Kier alpha value is -1.47. The van der Waals surface area contributed by atoms with Gasteiger partial charge in [-0.2, -0.15) is 13.2 Å². The Kier molecular flexibility index (Phi) is 5.11. The van der Waals surface area contributed by atoms with Crippen LogP contribution in [0.4, 0.5) is 18.0 Å². The Labute approximate surface area is 121 Å². The fourth-order valence-electron chi connectivity index (χ4n) is 2.57. The quantitative estimate of drug-likeness (QED) is 0.838. The number of halogens is 3. The molecule has 1 aliphatic carbocycles. The highest BCUT2D eigenvalue weighted by Crippen LogP contribution is 2.38. The van der Waals surface area contributed by atoms with E-state index in [0.29, 0.717) is 24.2 Å². The second-order valence-corrected chi connectivity index (χ2v) is 5.95. The number of carboxylic acid groups (broad SMARTS) is 1. The zero-order valence-corrected chi connectivity index (χ0v) is 12.3. The number of amides is 2. The Morgan fingerprint density at radius 1 is 1.43 bits per heavy atom. The first-order chi connectivity index (χ1) is 9.47. The first-order valence-corrected chi connectivity index (χ1v) is 6.84. The number of nitrogens with one attached hydrogen (secondary N) is 1. The monoisotopic (exact) mass is 310 g/mol. The molecule has 2 amide bonds. The van der Waals surface area contributed by atoms with Crippen molar-refractivity contribution in [3.05, 3.63) is 0 Å². The maximum atomic E-state index is 12.5. The topological polar surface area (TPSA) is 69.6 Å². The molecule has 21 heavy (non-hydrogen) atoms. The summed E-state index contributed by atoms with van der Waals surface area (Å²) in [6, 6.07) is -2.16. The zero-order chi connectivity index (χ0) is 16.4. The minimum atomic E-state index is -4.49. The lowest BCUT2D eigenvalue weighted by molar-refractivity contribution is -0.149. The van der Waals surface area contributed by atoms with E-state index < -0.39 is 42.2 Å². The van der Waals surface area contributed by atoms with Gasteiger partial charge in [0.05, 0.1) is 5.41 Å². The van der Waals surface area contributed by atoms with Crippen LogP contribution < -0.4 is 5.32 Å². The van der Waals surface area contributed by atoms with Gasteiger partial charge < -0.3 is 15.3 Å². The Bertz CT molecular complexity index is 412. The molecule has 1 aliphatic rings. The second kappa shape index (κ2) is 6.11. The summed E-state index contributed by atoms with van der Waals surface area (Å²) in [5, 5.41) is 11.7. The van der Waals surface area contributed by atoms with Gasteiger partial charge in [0.25, 0.3) is 0 Å². The molecule has 0 heterocycles. The van der Waals surface area contributed by atoms with Crippen molar-refractivity contribution in [1.82, 2.24) is 10.2 Å². The lowest BCUT2D eigenvalue weighted by Crippen LogP contribution is -2.54. The molecule has 1 fully saturated rings. The van der Waals surface area contributed by atoms with Crippen molar-refractivity contribution >= 4 is 12.0 Å². The highest BCUT2D eigenvalue weighted by atomic mass is 19.4. The molecular formula is C13H21F3N2O3. The van der Waals surface area contributed by atoms with Gasteiger partial charge in [-0.3, -0.25) is 4.79 Å². The van der Waals surface area contributed by atoms with E-state index in [9.17, 15) is 27.9 Å². The van der Waals surface area contributed by atoms with Gasteiger partial charge in [-0.15, -0.1) is 0 Å². The van der Waals surface area contributed by atoms with Gasteiger partial charge in [-0.25, -0.2) is 4.79 Å². The molecule has 8 heteroatoms. The number of carboxylic acids is 1. The molecule has 2 atom stereocenters. The van der Waals surface area contributed by atoms with Crippen molar-refractivity contribution in [2.45, 2.75) is 58.3 Å². The van der Waals surface area contributed by atoms with Crippen molar-refractivity contribution in [3.63, 3.8) is 0 Å². The van der Waals surface area contributed by atoms with Crippen molar-refractivity contribution in [1.29, 1.82) is 0 Å². The maximum absolute atomic E-state index is 12.5. The standard InChI is InChI=1S/C13H21F3N2O3/c1-8(2)18(7-13(14,15)16)11(21)17-9-5-4-6-12(9,3)10(19)20/h8-9H,4-7H2,1-3H3,(H,17,21)(H,19,20). The number of alkyl halides is 3. The fourth-order valence-corrected chi connectivity index (χ4v) is 2.57. The molecule has 0 aliphatic heterocycles. The van der Waals surface area contributed by atoms with E-state index in [1.807, 2.05) is 0 Å². The average Bonchev–Trinajstić information content (AvgIpc) is 2.68. The fraction of sp³-hybridized carbons (Fsp3) is 0.846. The predicted octanol–water partition coefficient (Wildman–Crippen LogP) is 2.61. The summed E-state index contributed by atoms with van der Waals surface area (Å²) >= 11 is 0. The van der Waals surface area contributed by atoms with Gasteiger partial charge in [-0.1, -0.05) is 6.42 Å². The molecule has 0 radical (unpaired) electrons. The van der Waals surface area contributed by atoms with Crippen LogP contribution in [0.3, 0.4) is 0 Å². The first kappa shape index (κ1) is 17.6. The molecular weight excluding hydrogens is 289 g/mol. The number of carbonyl (C=O) groups excluding carboxylic acids is 1. The maximum Gasteiger partial charge on any atom is 0.406 e. The molecule has 0 aromatic heterocycles. The van der Waals surface area contributed by atoms with Gasteiger partial charge in [0.2, 0.25) is 0 Å². The van der Waals surface area contributed by atoms with Crippen LogP contribution in [0.15, 0.2) is 0 Å². The third-order valence-corrected chi connectivity index (χ3v) is 3.98. The zero-order valence-electron chi connectivity index (χ0n) is 12.3. The van der Waals surface area contributed by atoms with Gasteiger partial charge in [0, 0.05) is 12.1 Å². The van der Waals surface area contributed by atoms with Crippen LogP contribution in [0.2, 0.25) is 0 Å². The molecule has 0 aromatic rings. The molecule has 1 saturated carbocycles. The number of hydrogen-bond donors (Lipinski definition) is 2. The van der Waals surface area contributed by atoms with E-state index >= 15 is 0 Å². The van der Waals surface area contributed by atoms with E-state index in [0.717, 1.165) is 0 Å². The van der Waals surface area contributed by atoms with E-state index in [1.54, 1.807) is 0 Å². The van der Waals surface area contributed by atoms with Crippen molar-refractivity contribution < 1.29 is 27.9 Å². The highest BCUT2D eigenvalue weighted by molar-refractivity contribution is 5.79. The van der Waals surface area contributed by atoms with E-state index in [2.05, 4.69) is 5.32 Å². The van der Waals surface area contributed by atoms with Crippen LogP contribution >= 0.6 is 0 Å². The van der Waals surface area contributed by atoms with Crippen LogP contribution in [0.1, 0.15) is 40.0 Å². The lowest BCUT2D eigenvalue weighted by Gasteiger charge is -2.33. The largest absolute Gasteiger partial charge is 0.481 e. The minimum Gasteiger partial charge on any atom is -0.481 e. The van der Waals surface area contributed by atoms with Gasteiger partial charge in [-0.05, 0) is 33.6 Å². The van der Waals surface area contributed by atoms with Gasteiger partial charge in [0.15, 0.2) is 0 Å². The predicted molar refractivity (Wildman–Crippen MR) is 69.8 cm³/mol.